The fraction of sp³-hybridized carbons (Fsp3) is 0.625. The summed E-state index contributed by atoms with van der Waals surface area (Å²) in [5.41, 5.74) is 12.3. The van der Waals surface area contributed by atoms with E-state index in [0.717, 1.165) is 6.42 Å². The van der Waals surface area contributed by atoms with Gasteiger partial charge in [0.1, 0.15) is 0 Å². The van der Waals surface area contributed by atoms with Crippen molar-refractivity contribution in [2.75, 3.05) is 0 Å². The molecule has 17 heavy (non-hydrogen) atoms. The smallest absolute Gasteiger partial charge is 0.0105 e. The minimum Gasteiger partial charge on any atom is -0.327 e. The predicted molar refractivity (Wildman–Crippen MR) is 74.4 cm³/mol. The second kappa shape index (κ2) is 4.13. The first-order chi connectivity index (χ1) is 7.90. The van der Waals surface area contributed by atoms with Crippen molar-refractivity contribution in [3.8, 4) is 0 Å². The summed E-state index contributed by atoms with van der Waals surface area (Å²) >= 11 is 0. The number of benzene rings is 1. The Hall–Kier alpha value is -0.820. The number of hydrogen-bond donors (Lipinski definition) is 1. The van der Waals surface area contributed by atoms with E-state index >= 15 is 0 Å². The van der Waals surface area contributed by atoms with Crippen molar-refractivity contribution in [1.29, 1.82) is 0 Å². The van der Waals surface area contributed by atoms with Crippen LogP contribution >= 0.6 is 0 Å². The molecule has 0 spiro atoms. The van der Waals surface area contributed by atoms with Gasteiger partial charge in [-0.05, 0) is 61.6 Å². The lowest BCUT2D eigenvalue weighted by molar-refractivity contribution is 0.0698. The monoisotopic (exact) mass is 231 g/mol. The number of aryl methyl sites for hydroxylation is 3. The molecule has 0 aliphatic heterocycles. The topological polar surface area (TPSA) is 26.0 Å². The average Bonchev–Trinajstić information content (AvgIpc) is 2.25. The summed E-state index contributed by atoms with van der Waals surface area (Å²) in [5, 5.41) is 0. The standard InChI is InChI=1S/C16H25N/c1-6-16(5)13(9-14(16)17)15-11(3)7-10(2)8-12(15)4/h7-8,13-14H,6,9,17H2,1-5H3. The maximum Gasteiger partial charge on any atom is 0.0105 e. The van der Waals surface area contributed by atoms with Crippen LogP contribution in [0, 0.1) is 26.2 Å². The fourth-order valence-corrected chi connectivity index (χ4v) is 3.59. The van der Waals surface area contributed by atoms with E-state index < -0.39 is 0 Å². The molecule has 1 aromatic carbocycles. The van der Waals surface area contributed by atoms with E-state index in [-0.39, 0.29) is 0 Å². The molecule has 1 aliphatic carbocycles. The summed E-state index contributed by atoms with van der Waals surface area (Å²) in [4.78, 5) is 0. The van der Waals surface area contributed by atoms with Gasteiger partial charge in [0.15, 0.2) is 0 Å². The highest BCUT2D eigenvalue weighted by Crippen LogP contribution is 2.55. The van der Waals surface area contributed by atoms with Gasteiger partial charge in [-0.25, -0.2) is 0 Å². The van der Waals surface area contributed by atoms with Crippen LogP contribution in [0.15, 0.2) is 12.1 Å². The van der Waals surface area contributed by atoms with Crippen molar-refractivity contribution in [3.05, 3.63) is 34.4 Å². The van der Waals surface area contributed by atoms with Gasteiger partial charge in [-0.3, -0.25) is 0 Å². The molecule has 94 valence electrons. The lowest BCUT2D eigenvalue weighted by atomic mass is 9.53. The highest BCUT2D eigenvalue weighted by atomic mass is 14.8. The lowest BCUT2D eigenvalue weighted by Gasteiger charge is -2.53. The lowest BCUT2D eigenvalue weighted by Crippen LogP contribution is -2.54. The van der Waals surface area contributed by atoms with Gasteiger partial charge in [-0.2, -0.15) is 0 Å². The zero-order valence-corrected chi connectivity index (χ0v) is 11.8. The Balaban J connectivity index is 2.43. The predicted octanol–water partition coefficient (Wildman–Crippen LogP) is 3.84. The Labute approximate surface area is 105 Å². The van der Waals surface area contributed by atoms with Crippen LogP contribution in [-0.2, 0) is 0 Å². The first-order valence-electron chi connectivity index (χ1n) is 6.73. The van der Waals surface area contributed by atoms with Gasteiger partial charge in [0.05, 0.1) is 0 Å². The van der Waals surface area contributed by atoms with Gasteiger partial charge in [0, 0.05) is 6.04 Å². The molecule has 0 radical (unpaired) electrons. The van der Waals surface area contributed by atoms with E-state index in [4.69, 9.17) is 5.73 Å². The van der Waals surface area contributed by atoms with E-state index in [9.17, 15) is 0 Å². The summed E-state index contributed by atoms with van der Waals surface area (Å²) < 4.78 is 0. The molecule has 3 atom stereocenters. The Morgan fingerprint density at radius 1 is 1.24 bits per heavy atom. The van der Waals surface area contributed by atoms with Crippen LogP contribution in [0.1, 0.15) is 54.9 Å². The summed E-state index contributed by atoms with van der Waals surface area (Å²) in [5.74, 6) is 0.656. The fourth-order valence-electron chi connectivity index (χ4n) is 3.59. The summed E-state index contributed by atoms with van der Waals surface area (Å²) in [7, 11) is 0. The highest BCUT2D eigenvalue weighted by molar-refractivity contribution is 5.43. The molecule has 1 aliphatic rings. The molecule has 0 bridgehead atoms. The third-order valence-electron chi connectivity index (χ3n) is 4.98. The molecule has 0 heterocycles. The maximum atomic E-state index is 6.23. The molecule has 1 aromatic rings. The van der Waals surface area contributed by atoms with Crippen LogP contribution < -0.4 is 5.73 Å². The van der Waals surface area contributed by atoms with Crippen molar-refractivity contribution in [2.24, 2.45) is 11.1 Å². The van der Waals surface area contributed by atoms with Crippen molar-refractivity contribution >= 4 is 0 Å². The van der Waals surface area contributed by atoms with E-state index in [1.807, 2.05) is 0 Å². The molecule has 1 nitrogen and oxygen atoms in total. The van der Waals surface area contributed by atoms with Gasteiger partial charge in [-0.1, -0.05) is 31.5 Å². The molecule has 1 fully saturated rings. The van der Waals surface area contributed by atoms with Crippen LogP contribution in [0.2, 0.25) is 0 Å². The third kappa shape index (κ3) is 1.81. The number of nitrogens with two attached hydrogens (primary N) is 1. The molecule has 2 rings (SSSR count). The van der Waals surface area contributed by atoms with Crippen LogP contribution in [0.25, 0.3) is 0 Å². The minimum absolute atomic E-state index is 0.296. The Kier molecular flexibility index (Phi) is 3.07. The minimum atomic E-state index is 0.296. The van der Waals surface area contributed by atoms with Crippen molar-refractivity contribution < 1.29 is 0 Å². The third-order valence-corrected chi connectivity index (χ3v) is 4.98. The van der Waals surface area contributed by atoms with Gasteiger partial charge in [0.2, 0.25) is 0 Å². The highest BCUT2D eigenvalue weighted by Gasteiger charge is 2.49. The van der Waals surface area contributed by atoms with Gasteiger partial charge < -0.3 is 5.73 Å². The molecule has 0 saturated heterocycles. The van der Waals surface area contributed by atoms with Crippen molar-refractivity contribution in [2.45, 2.75) is 59.4 Å². The second-order valence-corrected chi connectivity index (χ2v) is 6.07. The summed E-state index contributed by atoms with van der Waals surface area (Å²) in [6.07, 6.45) is 2.32. The molecule has 0 amide bonds. The first kappa shape index (κ1) is 12.6. The van der Waals surface area contributed by atoms with Crippen LogP contribution in [-0.4, -0.2) is 6.04 Å². The number of rotatable bonds is 2. The Morgan fingerprint density at radius 3 is 2.18 bits per heavy atom. The summed E-state index contributed by atoms with van der Waals surface area (Å²) in [6.45, 7) is 11.3. The summed E-state index contributed by atoms with van der Waals surface area (Å²) in [6, 6.07) is 4.99. The zero-order chi connectivity index (χ0) is 12.8. The molecule has 3 unspecified atom stereocenters. The largest absolute Gasteiger partial charge is 0.327 e. The van der Waals surface area contributed by atoms with E-state index in [2.05, 4.69) is 46.8 Å². The van der Waals surface area contributed by atoms with E-state index in [1.54, 1.807) is 5.56 Å². The molecular formula is C16H25N. The van der Waals surface area contributed by atoms with E-state index in [0.29, 0.717) is 17.4 Å². The maximum absolute atomic E-state index is 6.23. The zero-order valence-electron chi connectivity index (χ0n) is 11.8. The number of hydrogen-bond acceptors (Lipinski definition) is 1. The van der Waals surface area contributed by atoms with Gasteiger partial charge >= 0.3 is 0 Å². The molecule has 1 heteroatoms. The second-order valence-electron chi connectivity index (χ2n) is 6.07. The average molecular weight is 231 g/mol. The molecular weight excluding hydrogens is 206 g/mol. The molecule has 0 aromatic heterocycles. The van der Waals surface area contributed by atoms with Crippen LogP contribution in [0.5, 0.6) is 0 Å². The quantitative estimate of drug-likeness (QED) is 0.822. The SMILES string of the molecule is CCC1(C)C(N)CC1c1c(C)cc(C)cc1C. The first-order valence-corrected chi connectivity index (χ1v) is 6.73. The van der Waals surface area contributed by atoms with Gasteiger partial charge in [-0.15, -0.1) is 0 Å². The Bertz CT molecular complexity index is 412. The Morgan fingerprint density at radius 2 is 1.76 bits per heavy atom. The van der Waals surface area contributed by atoms with E-state index in [1.165, 1.54) is 23.1 Å². The van der Waals surface area contributed by atoms with Crippen LogP contribution in [0.3, 0.4) is 0 Å². The van der Waals surface area contributed by atoms with Gasteiger partial charge in [0.25, 0.3) is 0 Å². The molecule has 2 N–H and O–H groups in total. The normalized spacial score (nSPS) is 32.4. The van der Waals surface area contributed by atoms with Crippen molar-refractivity contribution in [3.63, 3.8) is 0 Å². The van der Waals surface area contributed by atoms with Crippen molar-refractivity contribution in [1.82, 2.24) is 0 Å². The van der Waals surface area contributed by atoms with Crippen LogP contribution in [0.4, 0.5) is 0 Å². The molecule has 1 saturated carbocycles.